The van der Waals surface area contributed by atoms with Crippen molar-refractivity contribution in [3.63, 3.8) is 0 Å². The highest BCUT2D eigenvalue weighted by Gasteiger charge is 2.34. The van der Waals surface area contributed by atoms with Crippen LogP contribution in [-0.4, -0.2) is 0 Å². The monoisotopic (exact) mass is 125 g/mol. The number of hydrogen-bond acceptors (Lipinski definition) is 0. The topological polar surface area (TPSA) is 0 Å². The van der Waals surface area contributed by atoms with Crippen molar-refractivity contribution in [1.82, 2.24) is 0 Å². The van der Waals surface area contributed by atoms with E-state index in [4.69, 9.17) is 0 Å². The minimum absolute atomic E-state index is 0.870. The predicted octanol–water partition coefficient (Wildman–Crippen LogP) is 2.89. The van der Waals surface area contributed by atoms with Crippen LogP contribution in [0.3, 0.4) is 0 Å². The zero-order valence-corrected chi connectivity index (χ0v) is 6.72. The molecule has 1 rings (SSSR count). The van der Waals surface area contributed by atoms with Crippen molar-refractivity contribution in [2.45, 2.75) is 33.6 Å². The van der Waals surface area contributed by atoms with E-state index in [0.717, 1.165) is 17.8 Å². The van der Waals surface area contributed by atoms with Gasteiger partial charge in [-0.25, -0.2) is 0 Å². The second-order valence-corrected chi connectivity index (χ2v) is 3.26. The van der Waals surface area contributed by atoms with E-state index in [0.29, 0.717) is 0 Å². The molecular weight excluding hydrogens is 108 g/mol. The van der Waals surface area contributed by atoms with Crippen molar-refractivity contribution in [3.8, 4) is 0 Å². The van der Waals surface area contributed by atoms with Gasteiger partial charge in [0.2, 0.25) is 0 Å². The maximum Gasteiger partial charge on any atom is -0.0408 e. The summed E-state index contributed by atoms with van der Waals surface area (Å²) in [5.41, 5.74) is 0. The van der Waals surface area contributed by atoms with Crippen molar-refractivity contribution in [2.24, 2.45) is 17.8 Å². The van der Waals surface area contributed by atoms with Crippen LogP contribution in [0.5, 0.6) is 0 Å². The highest BCUT2D eigenvalue weighted by Crippen LogP contribution is 2.46. The molecule has 1 fully saturated rings. The van der Waals surface area contributed by atoms with Gasteiger partial charge in [-0.3, -0.25) is 0 Å². The number of rotatable bonds is 3. The van der Waals surface area contributed by atoms with Crippen molar-refractivity contribution < 1.29 is 0 Å². The highest BCUT2D eigenvalue weighted by atomic mass is 14.4. The average Bonchev–Trinajstić information content (AvgIpc) is 2.64. The first kappa shape index (κ1) is 7.11. The van der Waals surface area contributed by atoms with Crippen molar-refractivity contribution in [3.05, 3.63) is 6.42 Å². The van der Waals surface area contributed by atoms with Gasteiger partial charge in [0.1, 0.15) is 0 Å². The Labute approximate surface area is 58.7 Å². The molecular formula is C9H17-. The third-order valence-corrected chi connectivity index (χ3v) is 2.70. The Bertz CT molecular complexity index is 86.0. The SMILES string of the molecule is C[CH-]C(C)C1CC1CC. The molecule has 0 aromatic heterocycles. The Morgan fingerprint density at radius 2 is 2.33 bits per heavy atom. The molecule has 0 radical (unpaired) electrons. The third-order valence-electron chi connectivity index (χ3n) is 2.70. The van der Waals surface area contributed by atoms with Crippen LogP contribution >= 0.6 is 0 Å². The Hall–Kier alpha value is 0. The lowest BCUT2D eigenvalue weighted by molar-refractivity contribution is 0.530. The van der Waals surface area contributed by atoms with E-state index < -0.39 is 0 Å². The summed E-state index contributed by atoms with van der Waals surface area (Å²) in [5.74, 6) is 2.98. The molecule has 0 nitrogen and oxygen atoms in total. The van der Waals surface area contributed by atoms with Gasteiger partial charge in [-0.2, -0.15) is 12.8 Å². The van der Waals surface area contributed by atoms with Crippen molar-refractivity contribution in [2.75, 3.05) is 0 Å². The van der Waals surface area contributed by atoms with Gasteiger partial charge in [-0.1, -0.05) is 26.2 Å². The molecule has 0 aliphatic heterocycles. The van der Waals surface area contributed by atoms with E-state index in [1.54, 1.807) is 0 Å². The standard InChI is InChI=1S/C9H17/c1-4-7(3)9-6-8(9)5-2/h4,7-9H,5-6H2,1-3H3/q-1. The summed E-state index contributed by atoms with van der Waals surface area (Å²) in [4.78, 5) is 0. The van der Waals surface area contributed by atoms with E-state index in [1.807, 2.05) is 0 Å². The van der Waals surface area contributed by atoms with Crippen LogP contribution in [-0.2, 0) is 0 Å². The van der Waals surface area contributed by atoms with Gasteiger partial charge in [-0.15, -0.1) is 0 Å². The van der Waals surface area contributed by atoms with Gasteiger partial charge < -0.3 is 6.42 Å². The molecule has 1 aliphatic rings. The molecule has 0 heteroatoms. The van der Waals surface area contributed by atoms with E-state index >= 15 is 0 Å². The molecule has 9 heavy (non-hydrogen) atoms. The minimum Gasteiger partial charge on any atom is -0.328 e. The lowest BCUT2D eigenvalue weighted by Gasteiger charge is -2.15. The van der Waals surface area contributed by atoms with Crippen molar-refractivity contribution >= 4 is 0 Å². The van der Waals surface area contributed by atoms with E-state index in [-0.39, 0.29) is 0 Å². The Morgan fingerprint density at radius 1 is 1.67 bits per heavy atom. The van der Waals surface area contributed by atoms with Gasteiger partial charge in [0, 0.05) is 0 Å². The Balaban J connectivity index is 2.17. The smallest absolute Gasteiger partial charge is 0.0408 e. The largest absolute Gasteiger partial charge is 0.328 e. The molecule has 0 bridgehead atoms. The van der Waals surface area contributed by atoms with Crippen LogP contribution in [0, 0.1) is 24.2 Å². The second kappa shape index (κ2) is 2.72. The van der Waals surface area contributed by atoms with Gasteiger partial charge in [0.05, 0.1) is 0 Å². The minimum atomic E-state index is 0.870. The maximum atomic E-state index is 2.33. The molecule has 0 amide bonds. The summed E-state index contributed by atoms with van der Waals surface area (Å²) in [7, 11) is 0. The van der Waals surface area contributed by atoms with Crippen LogP contribution < -0.4 is 0 Å². The van der Waals surface area contributed by atoms with Crippen LogP contribution in [0.15, 0.2) is 0 Å². The summed E-state index contributed by atoms with van der Waals surface area (Å²) in [6.07, 6.45) is 5.21. The van der Waals surface area contributed by atoms with Crippen LogP contribution in [0.25, 0.3) is 0 Å². The van der Waals surface area contributed by atoms with Crippen LogP contribution in [0.2, 0.25) is 0 Å². The fourth-order valence-electron chi connectivity index (χ4n) is 1.63. The van der Waals surface area contributed by atoms with Gasteiger partial charge in [-0.05, 0) is 12.3 Å². The normalized spacial score (nSPS) is 36.3. The highest BCUT2D eigenvalue weighted by molar-refractivity contribution is 4.92. The summed E-state index contributed by atoms with van der Waals surface area (Å²) < 4.78 is 0. The summed E-state index contributed by atoms with van der Waals surface area (Å²) >= 11 is 0. The lowest BCUT2D eigenvalue weighted by Crippen LogP contribution is -1.96. The quantitative estimate of drug-likeness (QED) is 0.509. The Morgan fingerprint density at radius 3 is 2.67 bits per heavy atom. The second-order valence-electron chi connectivity index (χ2n) is 3.26. The van der Waals surface area contributed by atoms with Gasteiger partial charge >= 0.3 is 0 Å². The summed E-state index contributed by atoms with van der Waals surface area (Å²) in [6.45, 7) is 6.81. The molecule has 1 aliphatic carbocycles. The van der Waals surface area contributed by atoms with E-state index in [1.165, 1.54) is 12.8 Å². The molecule has 0 spiro atoms. The fraction of sp³-hybridized carbons (Fsp3) is 0.889. The summed E-state index contributed by atoms with van der Waals surface area (Å²) in [6, 6.07) is 0. The molecule has 0 heterocycles. The predicted molar refractivity (Wildman–Crippen MR) is 41.0 cm³/mol. The first-order valence-corrected chi connectivity index (χ1v) is 4.09. The first-order chi connectivity index (χ1) is 4.29. The summed E-state index contributed by atoms with van der Waals surface area (Å²) in [5, 5.41) is 0. The first-order valence-electron chi connectivity index (χ1n) is 4.09. The van der Waals surface area contributed by atoms with E-state index in [2.05, 4.69) is 27.2 Å². The maximum absolute atomic E-state index is 2.33. The van der Waals surface area contributed by atoms with E-state index in [9.17, 15) is 0 Å². The third kappa shape index (κ3) is 1.47. The number of hydrogen-bond donors (Lipinski definition) is 0. The van der Waals surface area contributed by atoms with Crippen LogP contribution in [0.1, 0.15) is 33.6 Å². The Kier molecular flexibility index (Phi) is 2.15. The molecule has 0 saturated heterocycles. The molecule has 3 unspecified atom stereocenters. The zero-order valence-electron chi connectivity index (χ0n) is 6.72. The molecule has 1 saturated carbocycles. The average molecular weight is 125 g/mol. The molecule has 54 valence electrons. The zero-order chi connectivity index (χ0) is 6.85. The molecule has 0 N–H and O–H groups in total. The molecule has 0 aromatic rings. The molecule has 0 aromatic carbocycles. The fourth-order valence-corrected chi connectivity index (χ4v) is 1.63. The molecule has 3 atom stereocenters. The van der Waals surface area contributed by atoms with Gasteiger partial charge in [0.25, 0.3) is 0 Å². The lowest BCUT2D eigenvalue weighted by atomic mass is 10.0. The van der Waals surface area contributed by atoms with Crippen molar-refractivity contribution in [1.29, 1.82) is 0 Å². The van der Waals surface area contributed by atoms with Gasteiger partial charge in [0.15, 0.2) is 0 Å². The van der Waals surface area contributed by atoms with Crippen LogP contribution in [0.4, 0.5) is 0 Å².